The Morgan fingerprint density at radius 1 is 0.941 bits per heavy atom. The molecule has 0 aliphatic rings. The Balaban J connectivity index is 1.96. The molecule has 0 bridgehead atoms. The second-order valence-electron chi connectivity index (χ2n) is 3.68. The number of pyridine rings is 1. The molecule has 2 rings (SSSR count). The standard InChI is InChI=1S/C13H13N3O/c1-10-2-4-11(5-3-10)15-13(17)16-12-6-8-14-9-7-12/h2-9H,1H3,(H2,14,15,16,17). The van der Waals surface area contributed by atoms with E-state index >= 15 is 0 Å². The molecule has 0 saturated carbocycles. The number of nitrogens with zero attached hydrogens (tertiary/aromatic N) is 1. The van der Waals surface area contributed by atoms with Gasteiger partial charge in [-0.15, -0.1) is 0 Å². The molecule has 2 amide bonds. The molecule has 0 spiro atoms. The normalized spacial score (nSPS) is 9.71. The Bertz CT molecular complexity index is 494. The molecule has 1 heterocycles. The lowest BCUT2D eigenvalue weighted by Crippen LogP contribution is -2.19. The molecule has 0 radical (unpaired) electrons. The number of carbonyl (C=O) groups is 1. The van der Waals surface area contributed by atoms with Crippen LogP contribution in [0.2, 0.25) is 0 Å². The first-order valence-electron chi connectivity index (χ1n) is 5.29. The molecular weight excluding hydrogens is 214 g/mol. The van der Waals surface area contributed by atoms with E-state index in [0.717, 1.165) is 11.3 Å². The van der Waals surface area contributed by atoms with E-state index in [2.05, 4.69) is 15.6 Å². The Hall–Kier alpha value is -2.36. The molecule has 2 aromatic rings. The number of hydrogen-bond acceptors (Lipinski definition) is 2. The molecule has 1 aromatic carbocycles. The molecule has 0 saturated heterocycles. The predicted molar refractivity (Wildman–Crippen MR) is 68.1 cm³/mol. The van der Waals surface area contributed by atoms with Crippen molar-refractivity contribution < 1.29 is 4.79 Å². The average molecular weight is 227 g/mol. The van der Waals surface area contributed by atoms with Gasteiger partial charge in [0.25, 0.3) is 0 Å². The van der Waals surface area contributed by atoms with Gasteiger partial charge >= 0.3 is 6.03 Å². The summed E-state index contributed by atoms with van der Waals surface area (Å²) in [6, 6.07) is 10.8. The van der Waals surface area contributed by atoms with E-state index in [4.69, 9.17) is 0 Å². The number of urea groups is 1. The van der Waals surface area contributed by atoms with Crippen LogP contribution in [0.1, 0.15) is 5.56 Å². The number of benzene rings is 1. The smallest absolute Gasteiger partial charge is 0.308 e. The van der Waals surface area contributed by atoms with Gasteiger partial charge in [-0.25, -0.2) is 4.79 Å². The fraction of sp³-hybridized carbons (Fsp3) is 0.0769. The van der Waals surface area contributed by atoms with Gasteiger partial charge in [-0.2, -0.15) is 0 Å². The summed E-state index contributed by atoms with van der Waals surface area (Å²) >= 11 is 0. The SMILES string of the molecule is Cc1ccc(NC(=O)Nc2ccncc2)cc1. The van der Waals surface area contributed by atoms with Crippen LogP contribution >= 0.6 is 0 Å². The van der Waals surface area contributed by atoms with Gasteiger partial charge in [-0.1, -0.05) is 17.7 Å². The minimum absolute atomic E-state index is 0.264. The highest BCUT2D eigenvalue weighted by Gasteiger charge is 2.01. The molecule has 2 N–H and O–H groups in total. The highest BCUT2D eigenvalue weighted by atomic mass is 16.2. The van der Waals surface area contributed by atoms with Crippen LogP contribution in [0.3, 0.4) is 0 Å². The van der Waals surface area contributed by atoms with Crippen LogP contribution in [0.15, 0.2) is 48.8 Å². The van der Waals surface area contributed by atoms with Crippen molar-refractivity contribution in [2.75, 3.05) is 10.6 Å². The van der Waals surface area contributed by atoms with Crippen molar-refractivity contribution in [3.05, 3.63) is 54.4 Å². The topological polar surface area (TPSA) is 54.0 Å². The molecule has 0 unspecified atom stereocenters. The number of rotatable bonds is 2. The summed E-state index contributed by atoms with van der Waals surface area (Å²) in [4.78, 5) is 15.5. The maximum atomic E-state index is 11.6. The lowest BCUT2D eigenvalue weighted by Gasteiger charge is -2.07. The summed E-state index contributed by atoms with van der Waals surface area (Å²) in [5.41, 5.74) is 2.64. The van der Waals surface area contributed by atoms with Gasteiger partial charge in [0.05, 0.1) is 0 Å². The monoisotopic (exact) mass is 227 g/mol. The zero-order valence-electron chi connectivity index (χ0n) is 9.47. The number of carbonyl (C=O) groups excluding carboxylic acids is 1. The lowest BCUT2D eigenvalue weighted by atomic mass is 10.2. The average Bonchev–Trinajstić information content (AvgIpc) is 2.33. The summed E-state index contributed by atoms with van der Waals surface area (Å²) in [5, 5.41) is 5.46. The Morgan fingerprint density at radius 3 is 2.06 bits per heavy atom. The van der Waals surface area contributed by atoms with Crippen LogP contribution in [0.4, 0.5) is 16.2 Å². The van der Waals surface area contributed by atoms with Crippen LogP contribution in [-0.2, 0) is 0 Å². The first kappa shape index (κ1) is 11.1. The summed E-state index contributed by atoms with van der Waals surface area (Å²) in [6.07, 6.45) is 3.25. The largest absolute Gasteiger partial charge is 0.323 e. The van der Waals surface area contributed by atoms with Crippen LogP contribution in [-0.4, -0.2) is 11.0 Å². The van der Waals surface area contributed by atoms with Gasteiger partial charge in [0, 0.05) is 23.8 Å². The maximum Gasteiger partial charge on any atom is 0.323 e. The maximum absolute atomic E-state index is 11.6. The van der Waals surface area contributed by atoms with Gasteiger partial charge in [-0.05, 0) is 31.2 Å². The van der Waals surface area contributed by atoms with Crippen molar-refractivity contribution in [2.24, 2.45) is 0 Å². The van der Waals surface area contributed by atoms with E-state index in [-0.39, 0.29) is 6.03 Å². The first-order valence-corrected chi connectivity index (χ1v) is 5.29. The second kappa shape index (κ2) is 5.12. The molecule has 0 aliphatic heterocycles. The summed E-state index contributed by atoms with van der Waals surface area (Å²) in [6.45, 7) is 2.00. The highest BCUT2D eigenvalue weighted by Crippen LogP contribution is 2.09. The summed E-state index contributed by atoms with van der Waals surface area (Å²) < 4.78 is 0. The van der Waals surface area contributed by atoms with Crippen LogP contribution in [0.25, 0.3) is 0 Å². The third-order valence-corrected chi connectivity index (χ3v) is 2.25. The fourth-order valence-corrected chi connectivity index (χ4v) is 1.37. The Labute approximate surface area is 99.7 Å². The molecule has 86 valence electrons. The van der Waals surface area contributed by atoms with E-state index in [1.807, 2.05) is 31.2 Å². The molecular formula is C13H13N3O. The number of amides is 2. The second-order valence-corrected chi connectivity index (χ2v) is 3.68. The number of anilines is 2. The van der Waals surface area contributed by atoms with Gasteiger partial charge < -0.3 is 10.6 Å². The molecule has 1 aromatic heterocycles. The third kappa shape index (κ3) is 3.31. The van der Waals surface area contributed by atoms with E-state index in [1.54, 1.807) is 24.5 Å². The predicted octanol–water partition coefficient (Wildman–Crippen LogP) is 3.03. The highest BCUT2D eigenvalue weighted by molar-refractivity contribution is 5.99. The van der Waals surface area contributed by atoms with Crippen LogP contribution in [0, 0.1) is 6.92 Å². The van der Waals surface area contributed by atoms with Crippen LogP contribution in [0.5, 0.6) is 0 Å². The molecule has 0 aliphatic carbocycles. The van der Waals surface area contributed by atoms with Gasteiger partial charge in [0.1, 0.15) is 0 Å². The minimum atomic E-state index is -0.264. The molecule has 17 heavy (non-hydrogen) atoms. The zero-order valence-corrected chi connectivity index (χ0v) is 9.47. The number of aryl methyl sites for hydroxylation is 1. The van der Waals surface area contributed by atoms with Crippen molar-refractivity contribution in [1.29, 1.82) is 0 Å². The van der Waals surface area contributed by atoms with Crippen molar-refractivity contribution >= 4 is 17.4 Å². The van der Waals surface area contributed by atoms with Crippen molar-refractivity contribution in [2.45, 2.75) is 6.92 Å². The Kier molecular flexibility index (Phi) is 3.35. The lowest BCUT2D eigenvalue weighted by molar-refractivity contribution is 0.262. The summed E-state index contributed by atoms with van der Waals surface area (Å²) in [5.74, 6) is 0. The molecule has 4 nitrogen and oxygen atoms in total. The summed E-state index contributed by atoms with van der Waals surface area (Å²) in [7, 11) is 0. The van der Waals surface area contributed by atoms with E-state index in [1.165, 1.54) is 0 Å². The fourth-order valence-electron chi connectivity index (χ4n) is 1.37. The minimum Gasteiger partial charge on any atom is -0.308 e. The van der Waals surface area contributed by atoms with Crippen LogP contribution < -0.4 is 10.6 Å². The zero-order chi connectivity index (χ0) is 12.1. The first-order chi connectivity index (χ1) is 8.24. The van der Waals surface area contributed by atoms with E-state index < -0.39 is 0 Å². The Morgan fingerprint density at radius 2 is 1.47 bits per heavy atom. The number of hydrogen-bond donors (Lipinski definition) is 2. The van der Waals surface area contributed by atoms with Crippen molar-refractivity contribution in [3.63, 3.8) is 0 Å². The van der Waals surface area contributed by atoms with E-state index in [9.17, 15) is 4.79 Å². The third-order valence-electron chi connectivity index (χ3n) is 2.25. The van der Waals surface area contributed by atoms with Crippen molar-refractivity contribution in [3.8, 4) is 0 Å². The van der Waals surface area contributed by atoms with E-state index in [0.29, 0.717) is 5.69 Å². The van der Waals surface area contributed by atoms with Gasteiger partial charge in [0.15, 0.2) is 0 Å². The quantitative estimate of drug-likeness (QED) is 0.828. The molecule has 0 fully saturated rings. The molecule has 0 atom stereocenters. The van der Waals surface area contributed by atoms with Gasteiger partial charge in [-0.3, -0.25) is 4.98 Å². The van der Waals surface area contributed by atoms with Gasteiger partial charge in [0.2, 0.25) is 0 Å². The number of aromatic nitrogens is 1. The molecule has 4 heteroatoms. The number of nitrogens with one attached hydrogen (secondary N) is 2. The van der Waals surface area contributed by atoms with Crippen molar-refractivity contribution in [1.82, 2.24) is 4.98 Å².